The van der Waals surface area contributed by atoms with E-state index in [9.17, 15) is 4.39 Å². The number of aromatic nitrogens is 3. The molecule has 0 saturated carbocycles. The fourth-order valence-electron chi connectivity index (χ4n) is 2.86. The number of rotatable bonds is 6. The molecule has 1 aromatic heterocycles. The first kappa shape index (κ1) is 18.6. The Labute approximate surface area is 168 Å². The van der Waals surface area contributed by atoms with Gasteiger partial charge in [-0.3, -0.25) is 0 Å². The Morgan fingerprint density at radius 3 is 2.59 bits per heavy atom. The van der Waals surface area contributed by atoms with E-state index in [2.05, 4.69) is 20.3 Å². The lowest BCUT2D eigenvalue weighted by Crippen LogP contribution is -2.02. The molecule has 4 rings (SSSR count). The lowest BCUT2D eigenvalue weighted by Gasteiger charge is -2.11. The summed E-state index contributed by atoms with van der Waals surface area (Å²) in [4.78, 5) is 13.0. The van der Waals surface area contributed by atoms with Gasteiger partial charge < -0.3 is 10.1 Å². The summed E-state index contributed by atoms with van der Waals surface area (Å²) in [6, 6.07) is 21.7. The molecule has 0 unspecified atom stereocenters. The molecule has 0 radical (unpaired) electrons. The van der Waals surface area contributed by atoms with E-state index < -0.39 is 0 Å². The topological polar surface area (TPSA) is 59.9 Å². The second kappa shape index (κ2) is 8.48. The number of hydrogen-bond donors (Lipinski definition) is 1. The number of aryl methyl sites for hydroxylation is 1. The Balaban J connectivity index is 1.56. The zero-order chi connectivity index (χ0) is 20.1. The molecule has 0 spiro atoms. The van der Waals surface area contributed by atoms with Crippen LogP contribution in [0.5, 0.6) is 5.75 Å². The molecule has 1 N–H and O–H groups in total. The third-order valence-corrected chi connectivity index (χ3v) is 4.28. The monoisotopic (exact) mass is 386 g/mol. The van der Waals surface area contributed by atoms with Crippen LogP contribution in [-0.4, -0.2) is 15.0 Å². The van der Waals surface area contributed by atoms with E-state index in [1.165, 1.54) is 18.5 Å². The van der Waals surface area contributed by atoms with Gasteiger partial charge in [-0.1, -0.05) is 36.4 Å². The summed E-state index contributed by atoms with van der Waals surface area (Å²) in [5.41, 5.74) is 3.68. The summed E-state index contributed by atoms with van der Waals surface area (Å²) in [5, 5.41) is 3.20. The fraction of sp³-hybridized carbons (Fsp3) is 0.0870. The quantitative estimate of drug-likeness (QED) is 0.487. The van der Waals surface area contributed by atoms with Crippen molar-refractivity contribution in [3.05, 3.63) is 96.1 Å². The first-order valence-electron chi connectivity index (χ1n) is 9.17. The van der Waals surface area contributed by atoms with Crippen molar-refractivity contribution in [2.75, 3.05) is 5.32 Å². The van der Waals surface area contributed by atoms with Crippen molar-refractivity contribution in [2.24, 2.45) is 0 Å². The number of anilines is 2. The zero-order valence-electron chi connectivity index (χ0n) is 15.8. The first-order chi connectivity index (χ1) is 14.2. The van der Waals surface area contributed by atoms with Gasteiger partial charge in [0.1, 0.15) is 24.5 Å². The molecule has 0 aliphatic carbocycles. The van der Waals surface area contributed by atoms with Gasteiger partial charge in [0.15, 0.2) is 5.82 Å². The highest BCUT2D eigenvalue weighted by molar-refractivity contribution is 5.65. The van der Waals surface area contributed by atoms with Crippen molar-refractivity contribution in [3.63, 3.8) is 0 Å². The van der Waals surface area contributed by atoms with Gasteiger partial charge in [0.05, 0.1) is 5.56 Å². The predicted molar refractivity (Wildman–Crippen MR) is 110 cm³/mol. The van der Waals surface area contributed by atoms with Crippen LogP contribution in [0.2, 0.25) is 0 Å². The minimum Gasteiger partial charge on any atom is -0.488 e. The van der Waals surface area contributed by atoms with Crippen LogP contribution in [-0.2, 0) is 6.61 Å². The third kappa shape index (κ3) is 4.73. The molecule has 5 nitrogen and oxygen atoms in total. The maximum absolute atomic E-state index is 13.1. The Bertz CT molecular complexity index is 1120. The van der Waals surface area contributed by atoms with Crippen LogP contribution in [0.25, 0.3) is 11.4 Å². The lowest BCUT2D eigenvalue weighted by atomic mass is 10.2. The third-order valence-electron chi connectivity index (χ3n) is 4.28. The highest BCUT2D eigenvalue weighted by Crippen LogP contribution is 2.28. The molecule has 0 aliphatic heterocycles. The number of benzene rings is 3. The van der Waals surface area contributed by atoms with Crippen LogP contribution in [0.4, 0.5) is 16.0 Å². The van der Waals surface area contributed by atoms with Crippen molar-refractivity contribution < 1.29 is 9.13 Å². The normalized spacial score (nSPS) is 10.6. The molecule has 1 heterocycles. The number of ether oxygens (including phenoxy) is 1. The second-order valence-electron chi connectivity index (χ2n) is 6.54. The Hall–Kier alpha value is -3.80. The molecule has 0 saturated heterocycles. The van der Waals surface area contributed by atoms with Gasteiger partial charge in [-0.25, -0.2) is 14.4 Å². The molecule has 0 atom stereocenters. The second-order valence-corrected chi connectivity index (χ2v) is 6.54. The summed E-state index contributed by atoms with van der Waals surface area (Å²) in [7, 11) is 0. The average molecular weight is 386 g/mol. The van der Waals surface area contributed by atoms with E-state index in [1.54, 1.807) is 12.1 Å². The Morgan fingerprint density at radius 1 is 0.931 bits per heavy atom. The molecule has 3 aromatic carbocycles. The van der Waals surface area contributed by atoms with Crippen molar-refractivity contribution in [1.29, 1.82) is 0 Å². The van der Waals surface area contributed by atoms with Crippen LogP contribution in [0, 0.1) is 12.7 Å². The van der Waals surface area contributed by atoms with E-state index in [0.29, 0.717) is 24.1 Å². The van der Waals surface area contributed by atoms with Gasteiger partial charge in [0.25, 0.3) is 0 Å². The standard InChI is InChI=1S/C23H19FN4O/c1-16-5-4-6-19(13-16)27-23-26-15-25-22(28-23)20-7-2-3-8-21(20)29-14-17-9-11-18(24)12-10-17/h2-13,15H,14H2,1H3,(H,25,26,27,28). The maximum Gasteiger partial charge on any atom is 0.230 e. The van der Waals surface area contributed by atoms with E-state index in [4.69, 9.17) is 4.74 Å². The average Bonchev–Trinajstić information content (AvgIpc) is 2.74. The molecule has 0 fully saturated rings. The summed E-state index contributed by atoms with van der Waals surface area (Å²) in [5.74, 6) is 1.33. The van der Waals surface area contributed by atoms with Gasteiger partial charge in [-0.2, -0.15) is 4.98 Å². The van der Waals surface area contributed by atoms with Crippen LogP contribution in [0.15, 0.2) is 79.1 Å². The predicted octanol–water partition coefficient (Wildman–Crippen LogP) is 5.31. The molecule has 0 aliphatic rings. The minimum absolute atomic E-state index is 0.270. The van der Waals surface area contributed by atoms with Gasteiger partial charge in [0.2, 0.25) is 5.95 Å². The highest BCUT2D eigenvalue weighted by atomic mass is 19.1. The van der Waals surface area contributed by atoms with Gasteiger partial charge in [0, 0.05) is 5.69 Å². The summed E-state index contributed by atoms with van der Waals surface area (Å²) in [6.07, 6.45) is 1.47. The number of nitrogens with zero attached hydrogens (tertiary/aromatic N) is 3. The van der Waals surface area contributed by atoms with E-state index in [-0.39, 0.29) is 5.82 Å². The van der Waals surface area contributed by atoms with Gasteiger partial charge in [-0.05, 0) is 54.4 Å². The van der Waals surface area contributed by atoms with Crippen LogP contribution < -0.4 is 10.1 Å². The number of nitrogens with one attached hydrogen (secondary N) is 1. The smallest absolute Gasteiger partial charge is 0.230 e. The molecule has 0 bridgehead atoms. The van der Waals surface area contributed by atoms with Crippen molar-refractivity contribution in [1.82, 2.24) is 15.0 Å². The lowest BCUT2D eigenvalue weighted by molar-refractivity contribution is 0.307. The SMILES string of the molecule is Cc1cccc(Nc2ncnc(-c3ccccc3OCc3ccc(F)cc3)n2)c1. The molecule has 6 heteroatoms. The molecule has 29 heavy (non-hydrogen) atoms. The van der Waals surface area contributed by atoms with Crippen molar-refractivity contribution >= 4 is 11.6 Å². The highest BCUT2D eigenvalue weighted by Gasteiger charge is 2.11. The fourth-order valence-corrected chi connectivity index (χ4v) is 2.86. The molecule has 4 aromatic rings. The Morgan fingerprint density at radius 2 is 1.76 bits per heavy atom. The number of para-hydroxylation sites is 1. The van der Waals surface area contributed by atoms with Crippen molar-refractivity contribution in [3.8, 4) is 17.1 Å². The zero-order valence-corrected chi connectivity index (χ0v) is 15.8. The minimum atomic E-state index is -0.270. The van der Waals surface area contributed by atoms with Crippen LogP contribution >= 0.6 is 0 Å². The van der Waals surface area contributed by atoms with Crippen LogP contribution in [0.1, 0.15) is 11.1 Å². The number of hydrogen-bond acceptors (Lipinski definition) is 5. The Kier molecular flexibility index (Phi) is 5.42. The summed E-state index contributed by atoms with van der Waals surface area (Å²) in [6.45, 7) is 2.34. The number of halogens is 1. The maximum atomic E-state index is 13.1. The summed E-state index contributed by atoms with van der Waals surface area (Å²) < 4.78 is 19.0. The van der Waals surface area contributed by atoms with E-state index in [0.717, 1.165) is 22.4 Å². The molecular formula is C23H19FN4O. The largest absolute Gasteiger partial charge is 0.488 e. The first-order valence-corrected chi connectivity index (χ1v) is 9.17. The van der Waals surface area contributed by atoms with E-state index in [1.807, 2.05) is 55.5 Å². The van der Waals surface area contributed by atoms with Crippen molar-refractivity contribution in [2.45, 2.75) is 13.5 Å². The van der Waals surface area contributed by atoms with Gasteiger partial charge in [-0.15, -0.1) is 0 Å². The molecule has 144 valence electrons. The van der Waals surface area contributed by atoms with Crippen LogP contribution in [0.3, 0.4) is 0 Å². The molecular weight excluding hydrogens is 367 g/mol. The molecule has 0 amide bonds. The van der Waals surface area contributed by atoms with Gasteiger partial charge >= 0.3 is 0 Å². The van der Waals surface area contributed by atoms with E-state index >= 15 is 0 Å². The summed E-state index contributed by atoms with van der Waals surface area (Å²) >= 11 is 0.